The van der Waals surface area contributed by atoms with Crippen LogP contribution >= 0.6 is 0 Å². The molecule has 0 aliphatic heterocycles. The van der Waals surface area contributed by atoms with Crippen LogP contribution in [0.1, 0.15) is 31.4 Å². The van der Waals surface area contributed by atoms with E-state index in [1.165, 1.54) is 11.1 Å². The van der Waals surface area contributed by atoms with Crippen molar-refractivity contribution < 1.29 is 0 Å². The van der Waals surface area contributed by atoms with Crippen LogP contribution in [0.25, 0.3) is 0 Å². The number of amidine groups is 1. The average Bonchev–Trinajstić information content (AvgIpc) is 2.54. The third kappa shape index (κ3) is 5.53. The summed E-state index contributed by atoms with van der Waals surface area (Å²) in [5, 5.41) is 7.74. The van der Waals surface area contributed by atoms with Gasteiger partial charge in [-0.2, -0.15) is 0 Å². The largest absolute Gasteiger partial charge is 0.387 e. The summed E-state index contributed by atoms with van der Waals surface area (Å²) in [6, 6.07) is 21.0. The Bertz CT molecular complexity index is 564. The standard InChI is InChI=1S/C20H27N3/c1-20(2,19(21)22)13-14-23(15-17-9-5-3-6-10-17)16-18-11-7-4-8-12-18/h3-12H,13-16H2,1-2H3,(H3,21,22). The molecule has 0 amide bonds. The van der Waals surface area contributed by atoms with E-state index in [1.54, 1.807) is 0 Å². The summed E-state index contributed by atoms with van der Waals surface area (Å²) in [5.74, 6) is 0.261. The first-order valence-corrected chi connectivity index (χ1v) is 8.12. The number of rotatable bonds is 8. The molecular weight excluding hydrogens is 282 g/mol. The summed E-state index contributed by atoms with van der Waals surface area (Å²) in [6.45, 7) is 6.81. The number of benzene rings is 2. The SMILES string of the molecule is CC(C)(CCN(Cc1ccccc1)Cc1ccccc1)C(=N)N. The number of nitrogens with zero attached hydrogens (tertiary/aromatic N) is 1. The van der Waals surface area contributed by atoms with Crippen molar-refractivity contribution in [3.8, 4) is 0 Å². The predicted octanol–water partition coefficient (Wildman–Crippen LogP) is 4.04. The number of nitrogens with one attached hydrogen (secondary N) is 1. The molecule has 3 N–H and O–H groups in total. The van der Waals surface area contributed by atoms with Crippen LogP contribution in [0.3, 0.4) is 0 Å². The molecule has 0 aliphatic carbocycles. The summed E-state index contributed by atoms with van der Waals surface area (Å²) >= 11 is 0. The lowest BCUT2D eigenvalue weighted by atomic mass is 9.88. The van der Waals surface area contributed by atoms with Crippen molar-refractivity contribution in [3.63, 3.8) is 0 Å². The Hall–Kier alpha value is -2.13. The molecule has 2 aromatic rings. The lowest BCUT2D eigenvalue weighted by Crippen LogP contribution is -2.35. The van der Waals surface area contributed by atoms with Crippen LogP contribution in [0, 0.1) is 10.8 Å². The zero-order valence-corrected chi connectivity index (χ0v) is 14.1. The lowest BCUT2D eigenvalue weighted by Gasteiger charge is -2.29. The Balaban J connectivity index is 2.06. The third-order valence-electron chi connectivity index (χ3n) is 4.28. The van der Waals surface area contributed by atoms with Crippen LogP contribution in [0.2, 0.25) is 0 Å². The molecule has 0 spiro atoms. The number of hydrogen-bond donors (Lipinski definition) is 2. The molecule has 0 radical (unpaired) electrons. The smallest absolute Gasteiger partial charge is 0.0963 e. The van der Waals surface area contributed by atoms with E-state index in [4.69, 9.17) is 11.1 Å². The molecule has 122 valence electrons. The number of hydrogen-bond acceptors (Lipinski definition) is 2. The van der Waals surface area contributed by atoms with Gasteiger partial charge in [0.1, 0.15) is 0 Å². The van der Waals surface area contributed by atoms with E-state index in [0.29, 0.717) is 0 Å². The summed E-state index contributed by atoms with van der Waals surface area (Å²) in [5.41, 5.74) is 8.09. The van der Waals surface area contributed by atoms with Gasteiger partial charge >= 0.3 is 0 Å². The van der Waals surface area contributed by atoms with Gasteiger partial charge in [-0.3, -0.25) is 10.3 Å². The van der Waals surface area contributed by atoms with Crippen molar-refractivity contribution in [2.45, 2.75) is 33.4 Å². The van der Waals surface area contributed by atoms with E-state index in [1.807, 2.05) is 26.0 Å². The van der Waals surface area contributed by atoms with Crippen LogP contribution in [0.15, 0.2) is 60.7 Å². The second-order valence-electron chi connectivity index (χ2n) is 6.73. The highest BCUT2D eigenvalue weighted by molar-refractivity contribution is 5.82. The zero-order valence-electron chi connectivity index (χ0n) is 14.1. The van der Waals surface area contributed by atoms with E-state index in [0.717, 1.165) is 26.1 Å². The van der Waals surface area contributed by atoms with E-state index >= 15 is 0 Å². The zero-order chi connectivity index (χ0) is 16.7. The van der Waals surface area contributed by atoms with Crippen molar-refractivity contribution in [3.05, 3.63) is 71.8 Å². The second-order valence-corrected chi connectivity index (χ2v) is 6.73. The minimum absolute atomic E-state index is 0.258. The first kappa shape index (κ1) is 17.2. The van der Waals surface area contributed by atoms with Crippen LogP contribution < -0.4 is 5.73 Å². The molecule has 0 aromatic heterocycles. The van der Waals surface area contributed by atoms with Crippen LogP contribution in [-0.2, 0) is 13.1 Å². The highest BCUT2D eigenvalue weighted by Gasteiger charge is 2.22. The van der Waals surface area contributed by atoms with Gasteiger partial charge in [0.15, 0.2) is 0 Å². The number of nitrogens with two attached hydrogens (primary N) is 1. The summed E-state index contributed by atoms with van der Waals surface area (Å²) in [7, 11) is 0. The fraction of sp³-hybridized carbons (Fsp3) is 0.350. The highest BCUT2D eigenvalue weighted by atomic mass is 15.1. The fourth-order valence-corrected chi connectivity index (χ4v) is 2.47. The molecule has 0 aliphatic rings. The van der Waals surface area contributed by atoms with E-state index in [2.05, 4.69) is 53.4 Å². The Morgan fingerprint density at radius 1 is 0.913 bits per heavy atom. The van der Waals surface area contributed by atoms with Crippen LogP contribution in [0.4, 0.5) is 0 Å². The van der Waals surface area contributed by atoms with Gasteiger partial charge < -0.3 is 5.73 Å². The Kier molecular flexibility index (Phi) is 5.94. The molecular formula is C20H27N3. The van der Waals surface area contributed by atoms with Gasteiger partial charge in [-0.05, 0) is 24.1 Å². The Labute approximate surface area is 139 Å². The maximum absolute atomic E-state index is 7.74. The van der Waals surface area contributed by atoms with Gasteiger partial charge in [0.2, 0.25) is 0 Å². The summed E-state index contributed by atoms with van der Waals surface area (Å²) in [4.78, 5) is 2.43. The fourth-order valence-electron chi connectivity index (χ4n) is 2.47. The Morgan fingerprint density at radius 3 is 1.74 bits per heavy atom. The third-order valence-corrected chi connectivity index (χ3v) is 4.28. The lowest BCUT2D eigenvalue weighted by molar-refractivity contribution is 0.229. The monoisotopic (exact) mass is 309 g/mol. The highest BCUT2D eigenvalue weighted by Crippen LogP contribution is 2.21. The van der Waals surface area contributed by atoms with Gasteiger partial charge in [-0.15, -0.1) is 0 Å². The molecule has 0 saturated heterocycles. The van der Waals surface area contributed by atoms with E-state index in [-0.39, 0.29) is 11.3 Å². The van der Waals surface area contributed by atoms with Gasteiger partial charge in [0.05, 0.1) is 5.84 Å². The minimum Gasteiger partial charge on any atom is -0.387 e. The molecule has 0 fully saturated rings. The van der Waals surface area contributed by atoms with Gasteiger partial charge in [0.25, 0.3) is 0 Å². The Morgan fingerprint density at radius 2 is 1.35 bits per heavy atom. The van der Waals surface area contributed by atoms with E-state index < -0.39 is 0 Å². The second kappa shape index (κ2) is 7.93. The van der Waals surface area contributed by atoms with Crippen LogP contribution in [0.5, 0.6) is 0 Å². The molecule has 2 aromatic carbocycles. The topological polar surface area (TPSA) is 53.1 Å². The van der Waals surface area contributed by atoms with Crippen molar-refractivity contribution in [1.29, 1.82) is 5.41 Å². The molecule has 0 unspecified atom stereocenters. The molecule has 3 nitrogen and oxygen atoms in total. The van der Waals surface area contributed by atoms with Gasteiger partial charge in [-0.25, -0.2) is 0 Å². The first-order chi connectivity index (χ1) is 11.0. The maximum Gasteiger partial charge on any atom is 0.0963 e. The van der Waals surface area contributed by atoms with E-state index in [9.17, 15) is 0 Å². The predicted molar refractivity (Wildman–Crippen MR) is 97.3 cm³/mol. The maximum atomic E-state index is 7.74. The van der Waals surface area contributed by atoms with Crippen molar-refractivity contribution in [2.24, 2.45) is 11.1 Å². The van der Waals surface area contributed by atoms with Crippen LogP contribution in [-0.4, -0.2) is 17.3 Å². The van der Waals surface area contributed by atoms with Crippen molar-refractivity contribution in [2.75, 3.05) is 6.54 Å². The van der Waals surface area contributed by atoms with Crippen molar-refractivity contribution in [1.82, 2.24) is 4.90 Å². The van der Waals surface area contributed by atoms with Crippen molar-refractivity contribution >= 4 is 5.84 Å². The quantitative estimate of drug-likeness (QED) is 0.571. The summed E-state index contributed by atoms with van der Waals surface area (Å²) in [6.07, 6.45) is 0.877. The molecule has 0 heterocycles. The molecule has 3 heteroatoms. The first-order valence-electron chi connectivity index (χ1n) is 8.12. The summed E-state index contributed by atoms with van der Waals surface area (Å²) < 4.78 is 0. The molecule has 0 bridgehead atoms. The van der Waals surface area contributed by atoms with Gasteiger partial charge in [0, 0.05) is 18.5 Å². The minimum atomic E-state index is -0.258. The van der Waals surface area contributed by atoms with Gasteiger partial charge in [-0.1, -0.05) is 74.5 Å². The normalized spacial score (nSPS) is 11.6. The molecule has 0 saturated carbocycles. The molecule has 2 rings (SSSR count). The molecule has 0 atom stereocenters. The molecule has 23 heavy (non-hydrogen) atoms. The average molecular weight is 309 g/mol.